The molecule has 4 rings (SSSR count). The Labute approximate surface area is 220 Å². The lowest BCUT2D eigenvalue weighted by Gasteiger charge is -2.64. The van der Waals surface area contributed by atoms with Crippen molar-refractivity contribution in [3.05, 3.63) is 23.8 Å². The molecule has 9 unspecified atom stereocenters. The van der Waals surface area contributed by atoms with Crippen molar-refractivity contribution in [3.63, 3.8) is 0 Å². The van der Waals surface area contributed by atoms with Crippen molar-refractivity contribution in [1.82, 2.24) is 0 Å². The zero-order chi connectivity index (χ0) is 28.1. The number of carbonyl (C=O) groups is 3. The maximum absolute atomic E-state index is 14.2. The Morgan fingerprint density at radius 1 is 1.03 bits per heavy atom. The van der Waals surface area contributed by atoms with Crippen LogP contribution in [0.1, 0.15) is 81.1 Å². The smallest absolute Gasteiger partial charge is 0.187 e. The second kappa shape index (κ2) is 8.17. The molecule has 0 amide bonds. The Bertz CT molecular complexity index is 1090. The minimum atomic E-state index is -1.95. The van der Waals surface area contributed by atoms with Crippen LogP contribution in [0.2, 0.25) is 0 Å². The van der Waals surface area contributed by atoms with Gasteiger partial charge in [0.15, 0.2) is 11.6 Å². The fourth-order valence-corrected chi connectivity index (χ4v) is 9.00. The first-order valence-electron chi connectivity index (χ1n) is 13.5. The van der Waals surface area contributed by atoms with Gasteiger partial charge in [0.05, 0.1) is 11.7 Å². The number of hydrogen-bond donors (Lipinski definition) is 4. The lowest BCUT2D eigenvalue weighted by Crippen LogP contribution is -2.65. The molecular weight excluding hydrogens is 472 g/mol. The Kier molecular flexibility index (Phi) is 6.26. The molecule has 206 valence electrons. The molecule has 37 heavy (non-hydrogen) atoms. The highest BCUT2D eigenvalue weighted by Crippen LogP contribution is 2.74. The lowest BCUT2D eigenvalue weighted by atomic mass is 9.38. The highest BCUT2D eigenvalue weighted by atomic mass is 16.3. The van der Waals surface area contributed by atoms with Gasteiger partial charge in [-0.1, -0.05) is 38.5 Å². The Hall–Kier alpha value is -1.67. The van der Waals surface area contributed by atoms with Gasteiger partial charge in [0, 0.05) is 23.2 Å². The molecule has 3 fully saturated rings. The third-order valence-electron chi connectivity index (χ3n) is 11.1. The summed E-state index contributed by atoms with van der Waals surface area (Å²) >= 11 is 0. The molecule has 4 aliphatic rings. The molecule has 0 aliphatic heterocycles. The summed E-state index contributed by atoms with van der Waals surface area (Å²) in [5.41, 5.74) is -5.46. The van der Waals surface area contributed by atoms with Crippen molar-refractivity contribution in [1.29, 1.82) is 0 Å². The van der Waals surface area contributed by atoms with Crippen molar-refractivity contribution in [2.45, 2.75) is 104 Å². The highest BCUT2D eigenvalue weighted by molar-refractivity contribution is 5.98. The summed E-state index contributed by atoms with van der Waals surface area (Å²) in [6, 6.07) is 0. The lowest BCUT2D eigenvalue weighted by molar-refractivity contribution is -0.183. The van der Waals surface area contributed by atoms with Gasteiger partial charge < -0.3 is 20.4 Å². The number of fused-ring (bicyclic) bond motifs is 5. The second-order valence-electron chi connectivity index (χ2n) is 14.2. The molecule has 0 aromatic carbocycles. The molecule has 7 heteroatoms. The first-order valence-corrected chi connectivity index (χ1v) is 13.5. The van der Waals surface area contributed by atoms with Gasteiger partial charge in [0.25, 0.3) is 0 Å². The summed E-state index contributed by atoms with van der Waals surface area (Å²) in [6.45, 7) is 14.0. The van der Waals surface area contributed by atoms with E-state index in [1.54, 1.807) is 0 Å². The maximum Gasteiger partial charge on any atom is 0.187 e. The summed E-state index contributed by atoms with van der Waals surface area (Å²) in [6.07, 6.45) is 3.54. The van der Waals surface area contributed by atoms with Gasteiger partial charge in [-0.15, -0.1) is 0 Å². The average Bonchev–Trinajstić information content (AvgIpc) is 2.96. The number of allylic oxidation sites excluding steroid dienone is 2. The van der Waals surface area contributed by atoms with E-state index in [0.29, 0.717) is 12.8 Å². The van der Waals surface area contributed by atoms with Gasteiger partial charge >= 0.3 is 0 Å². The standard InChI is InChI=1S/C30H44O7/c1-25(2,36)12-11-21(33)30(8,37)23-19(32)14-27(5)20-10-9-16-17(13-18(31)24(35)26(16,3)4)29(20,7)22(34)15-28(23,27)6/h9,11-12,17-20,23,31-32,36-37H,10,13-15H2,1-8H3/b12-11+. The first kappa shape index (κ1) is 28.3. The molecular formula is C30H44O7. The van der Waals surface area contributed by atoms with E-state index in [2.05, 4.69) is 13.0 Å². The van der Waals surface area contributed by atoms with E-state index in [1.165, 1.54) is 32.9 Å². The van der Waals surface area contributed by atoms with Gasteiger partial charge in [-0.2, -0.15) is 0 Å². The molecule has 0 heterocycles. The molecule has 3 saturated carbocycles. The average molecular weight is 517 g/mol. The maximum atomic E-state index is 14.2. The summed E-state index contributed by atoms with van der Waals surface area (Å²) in [5.74, 6) is -2.24. The number of rotatable bonds is 4. The Balaban J connectivity index is 1.80. The fourth-order valence-electron chi connectivity index (χ4n) is 9.00. The minimum Gasteiger partial charge on any atom is -0.393 e. The van der Waals surface area contributed by atoms with Crippen LogP contribution in [0.15, 0.2) is 23.8 Å². The largest absolute Gasteiger partial charge is 0.393 e. The topological polar surface area (TPSA) is 132 Å². The molecule has 0 saturated heterocycles. The Morgan fingerprint density at radius 2 is 1.62 bits per heavy atom. The molecule has 4 aliphatic carbocycles. The van der Waals surface area contributed by atoms with Crippen molar-refractivity contribution in [2.75, 3.05) is 0 Å². The van der Waals surface area contributed by atoms with E-state index in [1.807, 2.05) is 27.7 Å². The third-order valence-corrected chi connectivity index (χ3v) is 11.1. The van der Waals surface area contributed by atoms with Crippen LogP contribution >= 0.6 is 0 Å². The van der Waals surface area contributed by atoms with Crippen LogP contribution < -0.4 is 0 Å². The molecule has 0 aromatic heterocycles. The van der Waals surface area contributed by atoms with Crippen LogP contribution in [0.5, 0.6) is 0 Å². The van der Waals surface area contributed by atoms with Crippen LogP contribution in [0, 0.1) is 39.4 Å². The van der Waals surface area contributed by atoms with Crippen LogP contribution in [-0.4, -0.2) is 61.2 Å². The second-order valence-corrected chi connectivity index (χ2v) is 14.2. The van der Waals surface area contributed by atoms with Gasteiger partial charge in [-0.05, 0) is 82.6 Å². The normalized spacial score (nSPS) is 45.1. The van der Waals surface area contributed by atoms with E-state index in [9.17, 15) is 34.8 Å². The highest BCUT2D eigenvalue weighted by Gasteiger charge is 2.74. The van der Waals surface area contributed by atoms with E-state index < -0.39 is 56.8 Å². The minimum absolute atomic E-state index is 0.0141. The molecule has 9 atom stereocenters. The summed E-state index contributed by atoms with van der Waals surface area (Å²) in [5, 5.41) is 43.7. The van der Waals surface area contributed by atoms with Gasteiger partial charge in [0.1, 0.15) is 17.5 Å². The van der Waals surface area contributed by atoms with E-state index in [0.717, 1.165) is 5.57 Å². The molecule has 7 nitrogen and oxygen atoms in total. The number of aliphatic hydroxyl groups is 4. The van der Waals surface area contributed by atoms with Crippen molar-refractivity contribution in [3.8, 4) is 0 Å². The first-order chi connectivity index (χ1) is 16.7. The molecule has 4 N–H and O–H groups in total. The van der Waals surface area contributed by atoms with Crippen molar-refractivity contribution in [2.24, 2.45) is 39.4 Å². The number of carbonyl (C=O) groups excluding carboxylic acids is 3. The predicted octanol–water partition coefficient (Wildman–Crippen LogP) is 2.93. The van der Waals surface area contributed by atoms with E-state index in [4.69, 9.17) is 0 Å². The van der Waals surface area contributed by atoms with Crippen LogP contribution in [-0.2, 0) is 14.4 Å². The van der Waals surface area contributed by atoms with E-state index >= 15 is 0 Å². The SMILES string of the molecule is CC(C)(O)/C=C/C(=O)C(C)(O)C1C(O)CC2(C)C3CC=C4C(CC(O)C(=O)C4(C)C)C3(C)C(=O)CC12C. The number of aliphatic hydroxyl groups excluding tert-OH is 2. The van der Waals surface area contributed by atoms with Gasteiger partial charge in [-0.25, -0.2) is 0 Å². The molecule has 0 bridgehead atoms. The number of Topliss-reactive ketones (excluding diaryl/α,β-unsaturated/α-hetero) is 2. The monoisotopic (exact) mass is 516 g/mol. The predicted molar refractivity (Wildman–Crippen MR) is 138 cm³/mol. The van der Waals surface area contributed by atoms with Crippen molar-refractivity contribution >= 4 is 17.3 Å². The fraction of sp³-hybridized carbons (Fsp3) is 0.767. The summed E-state index contributed by atoms with van der Waals surface area (Å²) in [7, 11) is 0. The summed E-state index contributed by atoms with van der Waals surface area (Å²) in [4.78, 5) is 40.2. The van der Waals surface area contributed by atoms with Crippen molar-refractivity contribution < 1.29 is 34.8 Å². The number of hydrogen-bond acceptors (Lipinski definition) is 7. The zero-order valence-electron chi connectivity index (χ0n) is 23.5. The van der Waals surface area contributed by atoms with Crippen LogP contribution in [0.4, 0.5) is 0 Å². The quantitative estimate of drug-likeness (QED) is 0.334. The van der Waals surface area contributed by atoms with Gasteiger partial charge in [-0.3, -0.25) is 14.4 Å². The third kappa shape index (κ3) is 3.71. The molecule has 0 spiro atoms. The van der Waals surface area contributed by atoms with Crippen LogP contribution in [0.3, 0.4) is 0 Å². The Morgan fingerprint density at radius 3 is 2.19 bits per heavy atom. The zero-order valence-corrected chi connectivity index (χ0v) is 23.5. The molecule has 0 radical (unpaired) electrons. The summed E-state index contributed by atoms with van der Waals surface area (Å²) < 4.78 is 0. The van der Waals surface area contributed by atoms with Gasteiger partial charge in [0.2, 0.25) is 0 Å². The number of ketones is 3. The molecule has 0 aromatic rings. The van der Waals surface area contributed by atoms with Crippen LogP contribution in [0.25, 0.3) is 0 Å². The van der Waals surface area contributed by atoms with E-state index in [-0.39, 0.29) is 36.2 Å².